The van der Waals surface area contributed by atoms with E-state index >= 15 is 0 Å². The molecule has 7 nitrogen and oxygen atoms in total. The summed E-state index contributed by atoms with van der Waals surface area (Å²) in [6.07, 6.45) is 1.33. The van der Waals surface area contributed by atoms with Crippen molar-refractivity contribution in [3.8, 4) is 5.75 Å². The lowest BCUT2D eigenvalue weighted by Crippen LogP contribution is -2.44. The number of benzene rings is 1. The molecule has 3 rings (SSSR count). The fourth-order valence-corrected chi connectivity index (χ4v) is 3.56. The minimum absolute atomic E-state index is 0.0692. The molecule has 0 aliphatic carbocycles. The first-order valence-corrected chi connectivity index (χ1v) is 8.43. The number of carboxylic acids is 1. The highest BCUT2D eigenvalue weighted by atomic mass is 16.5. The minimum atomic E-state index is -0.967. The summed E-state index contributed by atoms with van der Waals surface area (Å²) in [6, 6.07) is 6.70. The monoisotopic (exact) mass is 346 g/mol. The first kappa shape index (κ1) is 17.3. The summed E-state index contributed by atoms with van der Waals surface area (Å²) in [7, 11) is 1.60. The van der Waals surface area contributed by atoms with E-state index in [1.54, 1.807) is 12.0 Å². The summed E-state index contributed by atoms with van der Waals surface area (Å²) in [5, 5.41) is 9.24. The molecule has 0 bridgehead atoms. The van der Waals surface area contributed by atoms with Crippen LogP contribution in [0.3, 0.4) is 0 Å². The molecule has 2 amide bonds. The standard InChI is InChI=1S/C18H22N2O5/c1-25-14-6-4-12(5-7-14)10-19-11-13(9-16(19)21)17(22)20-8-2-3-15(20)18(23)24/h4-7,13,15H,2-3,8-11H2,1H3,(H,23,24)/t13-,15+/m1/s1. The summed E-state index contributed by atoms with van der Waals surface area (Å²) in [6.45, 7) is 1.24. The number of amides is 2. The third kappa shape index (κ3) is 3.60. The fraction of sp³-hybridized carbons (Fsp3) is 0.500. The molecule has 2 saturated heterocycles. The quantitative estimate of drug-likeness (QED) is 0.863. The van der Waals surface area contributed by atoms with Crippen LogP contribution in [-0.4, -0.2) is 58.9 Å². The normalized spacial score (nSPS) is 23.2. The Morgan fingerprint density at radius 2 is 2.00 bits per heavy atom. The average Bonchev–Trinajstić information content (AvgIpc) is 3.22. The van der Waals surface area contributed by atoms with Crippen LogP contribution < -0.4 is 4.74 Å². The summed E-state index contributed by atoms with van der Waals surface area (Å²) < 4.78 is 5.12. The number of carbonyl (C=O) groups is 3. The largest absolute Gasteiger partial charge is 0.497 e. The Hall–Kier alpha value is -2.57. The third-order valence-electron chi connectivity index (χ3n) is 4.92. The van der Waals surface area contributed by atoms with Crippen LogP contribution in [0.4, 0.5) is 0 Å². The highest BCUT2D eigenvalue weighted by molar-refractivity contribution is 5.91. The lowest BCUT2D eigenvalue weighted by atomic mass is 10.1. The van der Waals surface area contributed by atoms with Crippen LogP contribution in [0.15, 0.2) is 24.3 Å². The molecule has 2 aliphatic heterocycles. The second-order valence-electron chi connectivity index (χ2n) is 6.55. The zero-order chi connectivity index (χ0) is 18.0. The molecule has 2 fully saturated rings. The van der Waals surface area contributed by atoms with Gasteiger partial charge in [0.25, 0.3) is 0 Å². The van der Waals surface area contributed by atoms with Crippen molar-refractivity contribution < 1.29 is 24.2 Å². The predicted octanol–water partition coefficient (Wildman–Crippen LogP) is 1.12. The average molecular weight is 346 g/mol. The van der Waals surface area contributed by atoms with Gasteiger partial charge in [-0.2, -0.15) is 0 Å². The maximum Gasteiger partial charge on any atom is 0.326 e. The van der Waals surface area contributed by atoms with Gasteiger partial charge in [0.15, 0.2) is 0 Å². The Balaban J connectivity index is 1.63. The molecule has 0 unspecified atom stereocenters. The highest BCUT2D eigenvalue weighted by Crippen LogP contribution is 2.26. The lowest BCUT2D eigenvalue weighted by molar-refractivity contribution is -0.149. The van der Waals surface area contributed by atoms with Crippen LogP contribution >= 0.6 is 0 Å². The summed E-state index contributed by atoms with van der Waals surface area (Å²) in [5.74, 6) is -0.954. The van der Waals surface area contributed by atoms with E-state index in [0.29, 0.717) is 32.5 Å². The van der Waals surface area contributed by atoms with Crippen LogP contribution in [0.1, 0.15) is 24.8 Å². The van der Waals surface area contributed by atoms with Crippen molar-refractivity contribution in [2.75, 3.05) is 20.2 Å². The van der Waals surface area contributed by atoms with Gasteiger partial charge in [-0.15, -0.1) is 0 Å². The molecular formula is C18H22N2O5. The molecule has 134 valence electrons. The van der Waals surface area contributed by atoms with Crippen molar-refractivity contribution in [1.29, 1.82) is 0 Å². The third-order valence-corrected chi connectivity index (χ3v) is 4.92. The van der Waals surface area contributed by atoms with Crippen molar-refractivity contribution in [2.24, 2.45) is 5.92 Å². The molecule has 1 aromatic rings. The molecule has 2 aliphatic rings. The first-order valence-electron chi connectivity index (χ1n) is 8.43. The van der Waals surface area contributed by atoms with E-state index in [2.05, 4.69) is 0 Å². The summed E-state index contributed by atoms with van der Waals surface area (Å²) in [4.78, 5) is 39.3. The Kier molecular flexibility index (Phi) is 4.92. The first-order chi connectivity index (χ1) is 12.0. The van der Waals surface area contributed by atoms with E-state index < -0.39 is 17.9 Å². The van der Waals surface area contributed by atoms with E-state index in [-0.39, 0.29) is 18.2 Å². The molecule has 0 aromatic heterocycles. The van der Waals surface area contributed by atoms with E-state index in [4.69, 9.17) is 4.74 Å². The molecule has 0 spiro atoms. The number of nitrogens with zero attached hydrogens (tertiary/aromatic N) is 2. The van der Waals surface area contributed by atoms with Gasteiger partial charge in [-0.05, 0) is 30.5 Å². The zero-order valence-corrected chi connectivity index (χ0v) is 14.2. The molecule has 25 heavy (non-hydrogen) atoms. The van der Waals surface area contributed by atoms with Gasteiger partial charge in [0.1, 0.15) is 11.8 Å². The Morgan fingerprint density at radius 3 is 2.64 bits per heavy atom. The molecule has 7 heteroatoms. The molecular weight excluding hydrogens is 324 g/mol. The van der Waals surface area contributed by atoms with Gasteiger partial charge in [-0.25, -0.2) is 4.79 Å². The second kappa shape index (κ2) is 7.13. The van der Waals surface area contributed by atoms with Crippen LogP contribution in [0.5, 0.6) is 5.75 Å². The number of hydrogen-bond acceptors (Lipinski definition) is 4. The van der Waals surface area contributed by atoms with Crippen molar-refractivity contribution >= 4 is 17.8 Å². The SMILES string of the molecule is COc1ccc(CN2C[C@H](C(=O)N3CCC[C@H]3C(=O)O)CC2=O)cc1. The van der Waals surface area contributed by atoms with Crippen LogP contribution in [0.25, 0.3) is 0 Å². The number of ether oxygens (including phenoxy) is 1. The number of hydrogen-bond donors (Lipinski definition) is 1. The van der Waals surface area contributed by atoms with Crippen molar-refractivity contribution in [3.05, 3.63) is 29.8 Å². The maximum absolute atomic E-state index is 12.7. The Bertz CT molecular complexity index is 673. The zero-order valence-electron chi connectivity index (χ0n) is 14.2. The van der Waals surface area contributed by atoms with Crippen LogP contribution in [0.2, 0.25) is 0 Å². The number of methoxy groups -OCH3 is 1. The summed E-state index contributed by atoms with van der Waals surface area (Å²) in [5.41, 5.74) is 0.965. The predicted molar refractivity (Wildman–Crippen MR) is 88.9 cm³/mol. The number of carboxylic acid groups (broad SMARTS) is 1. The van der Waals surface area contributed by atoms with E-state index in [0.717, 1.165) is 11.3 Å². The molecule has 2 atom stereocenters. The fourth-order valence-electron chi connectivity index (χ4n) is 3.56. The van der Waals surface area contributed by atoms with Crippen LogP contribution in [-0.2, 0) is 20.9 Å². The van der Waals surface area contributed by atoms with E-state index in [1.807, 2.05) is 24.3 Å². The lowest BCUT2D eigenvalue weighted by Gasteiger charge is -2.24. The number of likely N-dealkylation sites (tertiary alicyclic amines) is 2. The number of aliphatic carboxylic acids is 1. The van der Waals surface area contributed by atoms with Gasteiger partial charge in [-0.1, -0.05) is 12.1 Å². The van der Waals surface area contributed by atoms with Crippen molar-refractivity contribution in [3.63, 3.8) is 0 Å². The Morgan fingerprint density at radius 1 is 1.28 bits per heavy atom. The highest BCUT2D eigenvalue weighted by Gasteiger charge is 2.41. The van der Waals surface area contributed by atoms with E-state index in [1.165, 1.54) is 4.90 Å². The number of carbonyl (C=O) groups excluding carboxylic acids is 2. The molecule has 0 radical (unpaired) electrons. The molecule has 0 saturated carbocycles. The van der Waals surface area contributed by atoms with Gasteiger partial charge in [-0.3, -0.25) is 9.59 Å². The molecule has 1 N–H and O–H groups in total. The van der Waals surface area contributed by atoms with Crippen molar-refractivity contribution in [1.82, 2.24) is 9.80 Å². The Labute approximate surface area is 146 Å². The van der Waals surface area contributed by atoms with Crippen molar-refractivity contribution in [2.45, 2.75) is 31.8 Å². The van der Waals surface area contributed by atoms with Gasteiger partial charge >= 0.3 is 5.97 Å². The maximum atomic E-state index is 12.7. The van der Waals surface area contributed by atoms with Gasteiger partial charge < -0.3 is 19.6 Å². The number of rotatable bonds is 5. The van der Waals surface area contributed by atoms with Gasteiger partial charge in [0.2, 0.25) is 11.8 Å². The van der Waals surface area contributed by atoms with Crippen LogP contribution in [0, 0.1) is 5.92 Å². The van der Waals surface area contributed by atoms with Gasteiger partial charge in [0, 0.05) is 26.1 Å². The van der Waals surface area contributed by atoms with Gasteiger partial charge in [0.05, 0.1) is 13.0 Å². The molecule has 1 aromatic carbocycles. The minimum Gasteiger partial charge on any atom is -0.497 e. The topological polar surface area (TPSA) is 87.2 Å². The second-order valence-corrected chi connectivity index (χ2v) is 6.55. The molecule has 2 heterocycles. The summed E-state index contributed by atoms with van der Waals surface area (Å²) >= 11 is 0. The van der Waals surface area contributed by atoms with E-state index in [9.17, 15) is 19.5 Å². The smallest absolute Gasteiger partial charge is 0.326 e.